The van der Waals surface area contributed by atoms with Gasteiger partial charge in [0.1, 0.15) is 0 Å². The van der Waals surface area contributed by atoms with Crippen molar-refractivity contribution in [3.63, 3.8) is 0 Å². The molecule has 29 heavy (non-hydrogen) atoms. The molecule has 0 aromatic heterocycles. The third-order valence-corrected chi connectivity index (χ3v) is 7.26. The van der Waals surface area contributed by atoms with Crippen LogP contribution in [-0.4, -0.2) is 25.3 Å². The number of carboxylic acid groups (broad SMARTS) is 1. The molecule has 1 saturated carbocycles. The molecule has 2 aliphatic rings. The topological polar surface area (TPSA) is 65.0 Å². The van der Waals surface area contributed by atoms with Gasteiger partial charge in [-0.15, -0.1) is 0 Å². The fourth-order valence-corrected chi connectivity index (χ4v) is 5.78. The zero-order chi connectivity index (χ0) is 21.8. The van der Waals surface area contributed by atoms with E-state index in [0.717, 1.165) is 41.5 Å². The minimum atomic E-state index is -1.07. The molecule has 0 spiro atoms. The van der Waals surface area contributed by atoms with Crippen LogP contribution in [-0.2, 0) is 36.0 Å². The third kappa shape index (κ3) is 3.51. The second-order valence-corrected chi connectivity index (χ2v) is 10.2. The van der Waals surface area contributed by atoms with Gasteiger partial charge < -0.3 is 19.3 Å². The summed E-state index contributed by atoms with van der Waals surface area (Å²) in [4.78, 5) is 12.2. The summed E-state index contributed by atoms with van der Waals surface area (Å²) in [5, 5.41) is 9.99. The number of ether oxygens (including phenoxy) is 3. The molecular weight excluding hydrogens is 368 g/mol. The van der Waals surface area contributed by atoms with Gasteiger partial charge in [0.25, 0.3) is 0 Å². The molecule has 5 nitrogen and oxygen atoms in total. The number of carboxylic acids is 1. The highest BCUT2D eigenvalue weighted by Gasteiger charge is 2.53. The number of benzene rings is 1. The molecule has 0 saturated heterocycles. The van der Waals surface area contributed by atoms with Crippen LogP contribution in [0, 0.1) is 5.41 Å². The van der Waals surface area contributed by atoms with Gasteiger partial charge in [0, 0.05) is 25.3 Å². The molecule has 5 heteroatoms. The van der Waals surface area contributed by atoms with Crippen LogP contribution >= 0.6 is 0 Å². The van der Waals surface area contributed by atoms with Crippen molar-refractivity contribution in [1.82, 2.24) is 0 Å². The van der Waals surface area contributed by atoms with E-state index in [-0.39, 0.29) is 10.8 Å². The standard InChI is InChI=1S/C24H36O5/c1-15(20(25)26)18-16(22(4)13-9-12-21(2,3)14-22)10-11-17-19(18)24(6,28-8)29-23(17,5)27-7/h10-11,15H,9,12-14H2,1-8H3,(H,25,26)/t15-,22+,23-,24-/m1/s1. The molecule has 1 aliphatic carbocycles. The van der Waals surface area contributed by atoms with E-state index in [1.807, 2.05) is 19.9 Å². The zero-order valence-electron chi connectivity index (χ0n) is 19.1. The average Bonchev–Trinajstić information content (AvgIpc) is 2.88. The van der Waals surface area contributed by atoms with Crippen molar-refractivity contribution in [2.24, 2.45) is 5.41 Å². The predicted octanol–water partition coefficient (Wildman–Crippen LogP) is 5.40. The van der Waals surface area contributed by atoms with Gasteiger partial charge in [-0.05, 0) is 62.0 Å². The minimum Gasteiger partial charge on any atom is -0.481 e. The number of hydrogen-bond acceptors (Lipinski definition) is 4. The van der Waals surface area contributed by atoms with Crippen LogP contribution in [0.4, 0.5) is 0 Å². The Bertz CT molecular complexity index is 816. The average molecular weight is 405 g/mol. The van der Waals surface area contributed by atoms with Gasteiger partial charge in [0.2, 0.25) is 0 Å². The highest BCUT2D eigenvalue weighted by Crippen LogP contribution is 2.55. The molecule has 4 atom stereocenters. The van der Waals surface area contributed by atoms with Crippen LogP contribution in [0.1, 0.15) is 95.4 Å². The smallest absolute Gasteiger partial charge is 0.310 e. The maximum Gasteiger partial charge on any atom is 0.310 e. The van der Waals surface area contributed by atoms with Gasteiger partial charge in [-0.1, -0.05) is 39.3 Å². The lowest BCUT2D eigenvalue weighted by molar-refractivity contribution is -0.329. The monoisotopic (exact) mass is 404 g/mol. The molecule has 162 valence electrons. The first-order valence-corrected chi connectivity index (χ1v) is 10.5. The van der Waals surface area contributed by atoms with Crippen LogP contribution in [0.25, 0.3) is 0 Å². The fourth-order valence-electron chi connectivity index (χ4n) is 5.78. The Labute approximate surface area is 174 Å². The van der Waals surface area contributed by atoms with Crippen LogP contribution in [0.2, 0.25) is 0 Å². The fraction of sp³-hybridized carbons (Fsp3) is 0.708. The van der Waals surface area contributed by atoms with Gasteiger partial charge in [-0.3, -0.25) is 4.79 Å². The molecular formula is C24H36O5. The maximum atomic E-state index is 12.2. The Kier molecular flexibility index (Phi) is 5.43. The number of rotatable bonds is 5. The summed E-state index contributed by atoms with van der Waals surface area (Å²) in [6.45, 7) is 12.4. The number of methoxy groups -OCH3 is 2. The predicted molar refractivity (Wildman–Crippen MR) is 112 cm³/mol. The molecule has 1 aromatic rings. The first kappa shape index (κ1) is 22.3. The van der Waals surface area contributed by atoms with Crippen LogP contribution in [0.5, 0.6) is 0 Å². The van der Waals surface area contributed by atoms with E-state index in [0.29, 0.717) is 0 Å². The van der Waals surface area contributed by atoms with Crippen molar-refractivity contribution >= 4 is 5.97 Å². The molecule has 1 N–H and O–H groups in total. The summed E-state index contributed by atoms with van der Waals surface area (Å²) < 4.78 is 17.8. The summed E-state index contributed by atoms with van der Waals surface area (Å²) in [6.07, 6.45) is 4.39. The molecule has 3 rings (SSSR count). The Hall–Kier alpha value is -1.43. The number of fused-ring (bicyclic) bond motifs is 1. The number of hydrogen-bond donors (Lipinski definition) is 1. The van der Waals surface area contributed by atoms with Gasteiger partial charge in [0.15, 0.2) is 11.6 Å². The first-order valence-electron chi connectivity index (χ1n) is 10.5. The SMILES string of the molecule is CO[C@]1(C)O[C@@](C)(OC)c2c1ccc([C@@]1(C)CCCC(C)(C)C1)c2[C@@H](C)C(=O)O. The van der Waals surface area contributed by atoms with Crippen LogP contribution in [0.3, 0.4) is 0 Å². The van der Waals surface area contributed by atoms with Crippen molar-refractivity contribution < 1.29 is 24.1 Å². The van der Waals surface area contributed by atoms with Crippen molar-refractivity contribution in [3.05, 3.63) is 34.4 Å². The maximum absolute atomic E-state index is 12.2. The second-order valence-electron chi connectivity index (χ2n) is 10.2. The Morgan fingerprint density at radius 3 is 2.14 bits per heavy atom. The van der Waals surface area contributed by atoms with Gasteiger partial charge in [-0.2, -0.15) is 0 Å². The molecule has 0 radical (unpaired) electrons. The molecule has 0 bridgehead atoms. The molecule has 1 heterocycles. The van der Waals surface area contributed by atoms with E-state index in [1.54, 1.807) is 21.1 Å². The summed E-state index contributed by atoms with van der Waals surface area (Å²) in [6, 6.07) is 4.15. The highest BCUT2D eigenvalue weighted by atomic mass is 16.8. The van der Waals surface area contributed by atoms with Crippen molar-refractivity contribution in [2.75, 3.05) is 14.2 Å². The van der Waals surface area contributed by atoms with E-state index >= 15 is 0 Å². The van der Waals surface area contributed by atoms with Crippen molar-refractivity contribution in [2.45, 2.75) is 90.1 Å². The lowest BCUT2D eigenvalue weighted by atomic mass is 9.60. The molecule has 1 aromatic carbocycles. The number of carbonyl (C=O) groups is 1. The highest BCUT2D eigenvalue weighted by molar-refractivity contribution is 5.78. The summed E-state index contributed by atoms with van der Waals surface area (Å²) >= 11 is 0. The molecule has 1 aliphatic heterocycles. The number of aliphatic carboxylic acids is 1. The van der Waals surface area contributed by atoms with Crippen molar-refractivity contribution in [1.29, 1.82) is 0 Å². The molecule has 0 unspecified atom stereocenters. The van der Waals surface area contributed by atoms with Crippen LogP contribution in [0.15, 0.2) is 12.1 Å². The summed E-state index contributed by atoms with van der Waals surface area (Å²) in [7, 11) is 3.20. The van der Waals surface area contributed by atoms with Gasteiger partial charge in [-0.25, -0.2) is 0 Å². The lowest BCUT2D eigenvalue weighted by Crippen LogP contribution is -2.37. The zero-order valence-corrected chi connectivity index (χ0v) is 19.1. The normalized spacial score (nSPS) is 34.6. The molecule has 0 amide bonds. The van der Waals surface area contributed by atoms with Crippen molar-refractivity contribution in [3.8, 4) is 0 Å². The van der Waals surface area contributed by atoms with Crippen LogP contribution < -0.4 is 0 Å². The van der Waals surface area contributed by atoms with Gasteiger partial charge >= 0.3 is 5.97 Å². The van der Waals surface area contributed by atoms with Gasteiger partial charge in [0.05, 0.1) is 5.92 Å². The third-order valence-electron chi connectivity index (χ3n) is 7.26. The summed E-state index contributed by atoms with van der Waals surface area (Å²) in [5.41, 5.74) is 3.69. The van der Waals surface area contributed by atoms with E-state index in [1.165, 1.54) is 6.42 Å². The van der Waals surface area contributed by atoms with E-state index in [9.17, 15) is 9.90 Å². The Morgan fingerprint density at radius 1 is 1.03 bits per heavy atom. The molecule has 1 fully saturated rings. The van der Waals surface area contributed by atoms with E-state index < -0.39 is 23.5 Å². The minimum absolute atomic E-state index is 0.101. The lowest BCUT2D eigenvalue weighted by Gasteiger charge is -2.45. The Morgan fingerprint density at radius 2 is 1.62 bits per heavy atom. The summed E-state index contributed by atoms with van der Waals surface area (Å²) in [5.74, 6) is -3.59. The quantitative estimate of drug-likeness (QED) is 0.712. The second kappa shape index (κ2) is 7.07. The first-order chi connectivity index (χ1) is 13.3. The largest absolute Gasteiger partial charge is 0.481 e. The van der Waals surface area contributed by atoms with E-state index in [2.05, 4.69) is 26.8 Å². The van der Waals surface area contributed by atoms with E-state index in [4.69, 9.17) is 14.2 Å². The Balaban J connectivity index is 2.33.